The van der Waals surface area contributed by atoms with Crippen LogP contribution >= 0.6 is 11.6 Å². The average Bonchev–Trinajstić information content (AvgIpc) is 3.52. The van der Waals surface area contributed by atoms with Crippen molar-refractivity contribution >= 4 is 40.9 Å². The van der Waals surface area contributed by atoms with Crippen molar-refractivity contribution in [1.82, 2.24) is 4.90 Å². The molecule has 3 aliphatic carbocycles. The predicted octanol–water partition coefficient (Wildman–Crippen LogP) is 6.56. The number of phenols is 1. The third-order valence-corrected chi connectivity index (χ3v) is 12.2. The maximum Gasteiger partial charge on any atom is 0.246 e. The number of carbonyl (C=O) groups excluding carboxylic acids is 4. The van der Waals surface area contributed by atoms with Gasteiger partial charge in [-0.25, -0.2) is 4.90 Å². The van der Waals surface area contributed by atoms with E-state index in [-0.39, 0.29) is 41.5 Å². The molecule has 0 unspecified atom stereocenters. The molecule has 3 aromatic carbocycles. The molecule has 9 nitrogen and oxygen atoms in total. The van der Waals surface area contributed by atoms with Gasteiger partial charge < -0.3 is 14.6 Å². The summed E-state index contributed by atoms with van der Waals surface area (Å²) in [6.45, 7) is 0. The van der Waals surface area contributed by atoms with Crippen molar-refractivity contribution in [1.29, 1.82) is 0 Å². The first kappa shape index (κ1) is 32.6. The molecule has 6 atom stereocenters. The highest BCUT2D eigenvalue weighted by molar-refractivity contribution is 6.32. The van der Waals surface area contributed by atoms with Gasteiger partial charge in [0.15, 0.2) is 0 Å². The number of phenolic OH excluding ortho intramolecular Hbond substituents is 1. The van der Waals surface area contributed by atoms with Gasteiger partial charge in [0.25, 0.3) is 0 Å². The summed E-state index contributed by atoms with van der Waals surface area (Å²) < 4.78 is 11.8. The van der Waals surface area contributed by atoms with Gasteiger partial charge in [0.05, 0.1) is 43.1 Å². The second-order valence-corrected chi connectivity index (χ2v) is 14.6. The molecule has 0 spiro atoms. The van der Waals surface area contributed by atoms with E-state index in [4.69, 9.17) is 21.1 Å². The van der Waals surface area contributed by atoms with Crippen LogP contribution in [0.5, 0.6) is 17.2 Å². The van der Waals surface area contributed by atoms with E-state index in [1.807, 2.05) is 36.4 Å². The fraction of sp³-hybridized carbons (Fsp3) is 0.400. The van der Waals surface area contributed by atoms with Gasteiger partial charge in [-0.15, -0.1) is 0 Å². The second-order valence-electron chi connectivity index (χ2n) is 14.2. The zero-order chi connectivity index (χ0) is 34.9. The van der Waals surface area contributed by atoms with Crippen LogP contribution in [0.15, 0.2) is 78.4 Å². The monoisotopic (exact) mass is 694 g/mol. The van der Waals surface area contributed by atoms with E-state index in [2.05, 4.69) is 0 Å². The Labute approximate surface area is 295 Å². The number of ether oxygens (including phenoxy) is 2. The minimum Gasteiger partial charge on any atom is -0.508 e. The van der Waals surface area contributed by atoms with E-state index in [9.17, 15) is 19.5 Å². The molecule has 4 amide bonds. The molecular formula is C40H39ClN2O7. The number of hydrogen-bond acceptors (Lipinski definition) is 7. The third-order valence-electron chi connectivity index (χ3n) is 12.0. The number of methoxy groups -OCH3 is 2. The number of nitrogens with zero attached hydrogens (tertiary/aromatic N) is 2. The van der Waals surface area contributed by atoms with Gasteiger partial charge in [0.1, 0.15) is 17.2 Å². The second kappa shape index (κ2) is 12.3. The van der Waals surface area contributed by atoms with Crippen LogP contribution in [-0.4, -0.2) is 53.9 Å². The van der Waals surface area contributed by atoms with E-state index in [0.29, 0.717) is 28.3 Å². The number of hydrogen-bond donors (Lipinski definition) is 1. The van der Waals surface area contributed by atoms with Crippen LogP contribution in [0.1, 0.15) is 62.0 Å². The molecule has 4 fully saturated rings. The van der Waals surface area contributed by atoms with E-state index < -0.39 is 46.8 Å². The number of carbonyl (C=O) groups is 4. The summed E-state index contributed by atoms with van der Waals surface area (Å²) in [6.07, 6.45) is 7.20. The predicted molar refractivity (Wildman–Crippen MR) is 186 cm³/mol. The van der Waals surface area contributed by atoms with E-state index in [1.54, 1.807) is 29.2 Å². The van der Waals surface area contributed by atoms with Crippen LogP contribution in [0, 0.1) is 23.7 Å². The van der Waals surface area contributed by atoms with E-state index >= 15 is 4.79 Å². The van der Waals surface area contributed by atoms with Crippen molar-refractivity contribution < 1.29 is 33.8 Å². The SMILES string of the molecule is COc1cc(O)cc(OC)c1[C@H]1C2=CC[C@@H]3C(=O)N(C4CCCCC4)C(=O)[C@@H]3[C@@H]2C[C@H]2C(=O)N(c3cccc(Cl)c3)C(=O)[C@@]12c1ccccc1. The zero-order valence-corrected chi connectivity index (χ0v) is 28.8. The Bertz CT molecular complexity index is 1910. The molecule has 1 N–H and O–H groups in total. The highest BCUT2D eigenvalue weighted by Gasteiger charge is 2.71. The topological polar surface area (TPSA) is 113 Å². The first-order valence-corrected chi connectivity index (χ1v) is 17.8. The number of aromatic hydroxyl groups is 1. The van der Waals surface area contributed by atoms with Crippen LogP contribution in [0.3, 0.4) is 0 Å². The van der Waals surface area contributed by atoms with Crippen molar-refractivity contribution in [2.24, 2.45) is 23.7 Å². The van der Waals surface area contributed by atoms with Crippen molar-refractivity contribution in [3.63, 3.8) is 0 Å². The Morgan fingerprint density at radius 2 is 1.52 bits per heavy atom. The van der Waals surface area contributed by atoms with Gasteiger partial charge in [0, 0.05) is 34.7 Å². The summed E-state index contributed by atoms with van der Waals surface area (Å²) in [7, 11) is 2.97. The van der Waals surface area contributed by atoms with Crippen LogP contribution in [0.25, 0.3) is 0 Å². The normalized spacial score (nSPS) is 29.4. The van der Waals surface area contributed by atoms with Crippen molar-refractivity contribution in [2.75, 3.05) is 19.1 Å². The number of imide groups is 2. The largest absolute Gasteiger partial charge is 0.508 e. The number of fused-ring (bicyclic) bond motifs is 4. The maximum atomic E-state index is 15.5. The molecule has 8 rings (SSSR count). The van der Waals surface area contributed by atoms with Gasteiger partial charge in [0.2, 0.25) is 23.6 Å². The van der Waals surface area contributed by atoms with Crippen LogP contribution in [0.4, 0.5) is 5.69 Å². The summed E-state index contributed by atoms with van der Waals surface area (Å²) >= 11 is 6.42. The Morgan fingerprint density at radius 1 is 0.820 bits per heavy atom. The standard InChI is InChI=1S/C40H39ClN2O7/c1-49-31-19-26(44)20-32(50-2)34(31)35-27-16-17-28-33(38(47)42(36(28)45)24-13-7-4-8-14-24)29(27)21-30-37(46)43(25-15-9-12-23(41)18-25)39(48)40(30,35)22-10-5-3-6-11-22/h3,5-6,9-12,15-16,18-20,24,28-30,33,35,44H,4,7-8,13-14,17,21H2,1-2H3/t28-,29+,30-,33-,35+,40+/m0/s1. The highest BCUT2D eigenvalue weighted by atomic mass is 35.5. The number of allylic oxidation sites excluding steroid dienone is 2. The molecule has 2 saturated heterocycles. The molecule has 0 radical (unpaired) electrons. The Morgan fingerprint density at radius 3 is 2.18 bits per heavy atom. The molecule has 0 bridgehead atoms. The van der Waals surface area contributed by atoms with Crippen LogP contribution in [-0.2, 0) is 24.6 Å². The average molecular weight is 695 g/mol. The van der Waals surface area contributed by atoms with Gasteiger partial charge in [-0.1, -0.05) is 78.9 Å². The lowest BCUT2D eigenvalue weighted by Crippen LogP contribution is -2.53. The fourth-order valence-corrected chi connectivity index (χ4v) is 10.2. The molecule has 0 aromatic heterocycles. The number of likely N-dealkylation sites (tertiary alicyclic amines) is 1. The van der Waals surface area contributed by atoms with Gasteiger partial charge in [-0.3, -0.25) is 24.1 Å². The summed E-state index contributed by atoms with van der Waals surface area (Å²) in [4.78, 5) is 61.9. The fourth-order valence-electron chi connectivity index (χ4n) is 9.99. The highest BCUT2D eigenvalue weighted by Crippen LogP contribution is 2.66. The molecule has 10 heteroatoms. The molecule has 5 aliphatic rings. The Hall–Kier alpha value is -4.63. The molecule has 2 saturated carbocycles. The number of rotatable bonds is 6. The number of amides is 4. The van der Waals surface area contributed by atoms with Crippen LogP contribution in [0.2, 0.25) is 5.02 Å². The first-order chi connectivity index (χ1) is 24.2. The lowest BCUT2D eigenvalue weighted by atomic mass is 9.49. The molecule has 50 heavy (non-hydrogen) atoms. The zero-order valence-electron chi connectivity index (χ0n) is 28.0. The van der Waals surface area contributed by atoms with Gasteiger partial charge in [-0.05, 0) is 55.4 Å². The summed E-state index contributed by atoms with van der Waals surface area (Å²) in [5.41, 5.74) is 0.780. The third kappa shape index (κ3) is 4.58. The quantitative estimate of drug-likeness (QED) is 0.230. The molecular weight excluding hydrogens is 656 g/mol. The summed E-state index contributed by atoms with van der Waals surface area (Å²) in [5, 5.41) is 11.1. The van der Waals surface area contributed by atoms with Crippen LogP contribution < -0.4 is 14.4 Å². The van der Waals surface area contributed by atoms with E-state index in [1.165, 1.54) is 31.3 Å². The summed E-state index contributed by atoms with van der Waals surface area (Å²) in [5.74, 6) is -4.16. The van der Waals surface area contributed by atoms with Crippen molar-refractivity contribution in [2.45, 2.75) is 62.3 Å². The molecule has 258 valence electrons. The van der Waals surface area contributed by atoms with Gasteiger partial charge in [-0.2, -0.15) is 0 Å². The molecule has 2 aliphatic heterocycles. The molecule has 3 aromatic rings. The lowest BCUT2D eigenvalue weighted by molar-refractivity contribution is -0.143. The Kier molecular flexibility index (Phi) is 8.01. The smallest absolute Gasteiger partial charge is 0.246 e. The maximum absolute atomic E-state index is 15.5. The number of anilines is 1. The van der Waals surface area contributed by atoms with E-state index in [0.717, 1.165) is 37.7 Å². The van der Waals surface area contributed by atoms with Gasteiger partial charge >= 0.3 is 0 Å². The lowest BCUT2D eigenvalue weighted by Gasteiger charge is -2.51. The first-order valence-electron chi connectivity index (χ1n) is 17.4. The minimum absolute atomic E-state index is 0.0909. The number of halogens is 1. The Balaban J connectivity index is 1.39. The summed E-state index contributed by atoms with van der Waals surface area (Å²) in [6, 6.07) is 18.8. The van der Waals surface area contributed by atoms with Crippen molar-refractivity contribution in [3.05, 3.63) is 94.5 Å². The van der Waals surface area contributed by atoms with Crippen molar-refractivity contribution in [3.8, 4) is 17.2 Å². The molecule has 2 heterocycles. The minimum atomic E-state index is -1.50. The number of benzene rings is 3.